The van der Waals surface area contributed by atoms with Gasteiger partial charge in [0.05, 0.1) is 18.3 Å². The number of halogens is 5. The number of hydrogen-bond acceptors (Lipinski definition) is 4. The molecule has 0 heterocycles. The summed E-state index contributed by atoms with van der Waals surface area (Å²) in [5, 5.41) is 20.7. The second kappa shape index (κ2) is 7.66. The van der Waals surface area contributed by atoms with E-state index in [2.05, 4.69) is 5.32 Å². The maximum absolute atomic E-state index is 13.7. The highest BCUT2D eigenvalue weighted by atomic mass is 19.4. The number of aliphatic hydroxyl groups excluding tert-OH is 2. The summed E-state index contributed by atoms with van der Waals surface area (Å²) in [5.74, 6) is -3.88. The summed E-state index contributed by atoms with van der Waals surface area (Å²) in [7, 11) is 0. The molecule has 0 aliphatic rings. The van der Waals surface area contributed by atoms with Crippen molar-refractivity contribution in [3.8, 4) is 11.5 Å². The van der Waals surface area contributed by atoms with Crippen LogP contribution in [0.1, 0.15) is 5.56 Å². The highest BCUT2D eigenvalue weighted by Gasteiger charge is 2.33. The van der Waals surface area contributed by atoms with E-state index in [1.54, 1.807) is 0 Å². The molecule has 0 aromatic heterocycles. The van der Waals surface area contributed by atoms with Crippen LogP contribution in [-0.2, 0) is 6.18 Å². The normalized spacial score (nSPS) is 12.8. The number of benzene rings is 2. The van der Waals surface area contributed by atoms with Gasteiger partial charge < -0.3 is 20.3 Å². The van der Waals surface area contributed by atoms with E-state index in [1.807, 2.05) is 0 Å². The van der Waals surface area contributed by atoms with Crippen LogP contribution in [0.15, 0.2) is 36.4 Å². The van der Waals surface area contributed by atoms with Crippen LogP contribution < -0.4 is 10.1 Å². The Hall–Kier alpha value is -2.39. The fourth-order valence-corrected chi connectivity index (χ4v) is 1.88. The number of nitrogens with one attached hydrogen (secondary N) is 1. The van der Waals surface area contributed by atoms with Crippen molar-refractivity contribution in [3.05, 3.63) is 53.6 Å². The quantitative estimate of drug-likeness (QED) is 0.687. The summed E-state index contributed by atoms with van der Waals surface area (Å²) >= 11 is 0. The molecule has 9 heteroatoms. The van der Waals surface area contributed by atoms with E-state index in [4.69, 9.17) is 9.84 Å². The zero-order valence-electron chi connectivity index (χ0n) is 12.6. The molecule has 4 nitrogen and oxygen atoms in total. The second-order valence-corrected chi connectivity index (χ2v) is 5.11. The monoisotopic (exact) mass is 363 g/mol. The van der Waals surface area contributed by atoms with E-state index in [1.165, 1.54) is 24.3 Å². The molecular weight excluding hydrogens is 349 g/mol. The van der Waals surface area contributed by atoms with Crippen molar-refractivity contribution >= 4 is 5.69 Å². The molecule has 2 rings (SSSR count). The summed E-state index contributed by atoms with van der Waals surface area (Å²) in [6, 6.07) is 5.93. The van der Waals surface area contributed by atoms with E-state index in [-0.39, 0.29) is 24.4 Å². The van der Waals surface area contributed by atoms with Crippen molar-refractivity contribution in [1.29, 1.82) is 0 Å². The van der Waals surface area contributed by atoms with Crippen molar-refractivity contribution in [2.45, 2.75) is 12.3 Å². The average molecular weight is 363 g/mol. The summed E-state index contributed by atoms with van der Waals surface area (Å²) in [4.78, 5) is 0. The van der Waals surface area contributed by atoms with Gasteiger partial charge in [0.1, 0.15) is 5.75 Å². The summed E-state index contributed by atoms with van der Waals surface area (Å²) in [6.45, 7) is -0.334. The molecule has 0 aliphatic carbocycles. The van der Waals surface area contributed by atoms with E-state index >= 15 is 0 Å². The molecule has 0 saturated carbocycles. The lowest BCUT2D eigenvalue weighted by Crippen LogP contribution is -2.22. The SMILES string of the molecule is OCC(O)CNc1ccc(Oc2c(F)cc(C(F)(F)F)cc2F)cc1. The molecule has 0 aliphatic heterocycles. The first kappa shape index (κ1) is 18.9. The predicted octanol–water partition coefficient (Wildman–Crippen LogP) is 3.54. The van der Waals surface area contributed by atoms with Crippen molar-refractivity contribution < 1.29 is 36.9 Å². The molecule has 2 aromatic rings. The smallest absolute Gasteiger partial charge is 0.416 e. The van der Waals surface area contributed by atoms with Gasteiger partial charge in [-0.3, -0.25) is 0 Å². The first-order chi connectivity index (χ1) is 11.7. The van der Waals surface area contributed by atoms with Crippen molar-refractivity contribution in [3.63, 3.8) is 0 Å². The Bertz CT molecular complexity index is 696. The molecule has 0 radical (unpaired) electrons. The lowest BCUT2D eigenvalue weighted by molar-refractivity contribution is -0.138. The molecule has 1 atom stereocenters. The standard InChI is InChI=1S/C16H14F5NO3/c17-13-5-9(16(19,20)21)6-14(18)15(13)25-12-3-1-10(2-4-12)22-7-11(24)8-23/h1-6,11,22-24H,7-8H2. The van der Waals surface area contributed by atoms with Gasteiger partial charge in [-0.05, 0) is 36.4 Å². The molecule has 2 aromatic carbocycles. The van der Waals surface area contributed by atoms with Crippen LogP contribution in [0.3, 0.4) is 0 Å². The lowest BCUT2D eigenvalue weighted by atomic mass is 10.2. The van der Waals surface area contributed by atoms with Gasteiger partial charge in [0.2, 0.25) is 0 Å². The fraction of sp³-hybridized carbons (Fsp3) is 0.250. The van der Waals surface area contributed by atoms with Crippen molar-refractivity contribution in [2.24, 2.45) is 0 Å². The number of ether oxygens (including phenoxy) is 1. The van der Waals surface area contributed by atoms with Gasteiger partial charge in [0, 0.05) is 12.2 Å². The van der Waals surface area contributed by atoms with Crippen LogP contribution in [0.4, 0.5) is 27.6 Å². The first-order valence-electron chi connectivity index (χ1n) is 7.07. The maximum Gasteiger partial charge on any atom is 0.416 e. The number of aliphatic hydroxyl groups is 2. The Labute approximate surface area is 139 Å². The number of rotatable bonds is 6. The summed E-state index contributed by atoms with van der Waals surface area (Å²) in [6.07, 6.45) is -5.82. The zero-order chi connectivity index (χ0) is 18.6. The average Bonchev–Trinajstić information content (AvgIpc) is 2.56. The second-order valence-electron chi connectivity index (χ2n) is 5.11. The Morgan fingerprint density at radius 1 is 1.04 bits per heavy atom. The summed E-state index contributed by atoms with van der Waals surface area (Å²) < 4.78 is 69.9. The van der Waals surface area contributed by atoms with Gasteiger partial charge in [0.25, 0.3) is 0 Å². The minimum atomic E-state index is -4.87. The molecule has 3 N–H and O–H groups in total. The molecule has 0 amide bonds. The molecule has 0 fully saturated rings. The summed E-state index contributed by atoms with van der Waals surface area (Å²) in [5.41, 5.74) is -0.912. The molecule has 136 valence electrons. The molecule has 0 saturated heterocycles. The minimum absolute atomic E-state index is 0.00538. The van der Waals surface area contributed by atoms with Gasteiger partial charge >= 0.3 is 6.18 Å². The van der Waals surface area contributed by atoms with Crippen LogP contribution in [0.5, 0.6) is 11.5 Å². The Morgan fingerprint density at radius 3 is 2.08 bits per heavy atom. The van der Waals surface area contributed by atoms with Gasteiger partial charge in [-0.1, -0.05) is 0 Å². The van der Waals surface area contributed by atoms with Crippen molar-refractivity contribution in [1.82, 2.24) is 0 Å². The minimum Gasteiger partial charge on any atom is -0.451 e. The highest BCUT2D eigenvalue weighted by molar-refractivity contribution is 5.47. The number of anilines is 1. The Balaban J connectivity index is 2.12. The third-order valence-corrected chi connectivity index (χ3v) is 3.15. The van der Waals surface area contributed by atoms with Gasteiger partial charge in [0.15, 0.2) is 17.4 Å². The third-order valence-electron chi connectivity index (χ3n) is 3.15. The maximum atomic E-state index is 13.7. The van der Waals surface area contributed by atoms with Gasteiger partial charge in [-0.2, -0.15) is 13.2 Å². The largest absolute Gasteiger partial charge is 0.451 e. The van der Waals surface area contributed by atoms with Crippen LogP contribution in [-0.4, -0.2) is 29.5 Å². The molecular formula is C16H14F5NO3. The van der Waals surface area contributed by atoms with Gasteiger partial charge in [-0.15, -0.1) is 0 Å². The van der Waals surface area contributed by atoms with Crippen LogP contribution in [0.2, 0.25) is 0 Å². The fourth-order valence-electron chi connectivity index (χ4n) is 1.88. The van der Waals surface area contributed by atoms with Gasteiger partial charge in [-0.25, -0.2) is 8.78 Å². The van der Waals surface area contributed by atoms with E-state index in [9.17, 15) is 27.1 Å². The molecule has 0 spiro atoms. The third kappa shape index (κ3) is 5.04. The predicted molar refractivity (Wildman–Crippen MR) is 79.5 cm³/mol. The molecule has 25 heavy (non-hydrogen) atoms. The van der Waals surface area contributed by atoms with E-state index in [0.29, 0.717) is 5.69 Å². The Morgan fingerprint density at radius 2 is 1.60 bits per heavy atom. The van der Waals surface area contributed by atoms with Crippen LogP contribution in [0, 0.1) is 11.6 Å². The topological polar surface area (TPSA) is 61.7 Å². The molecule has 1 unspecified atom stereocenters. The van der Waals surface area contributed by atoms with E-state index < -0.39 is 41.8 Å². The van der Waals surface area contributed by atoms with Crippen molar-refractivity contribution in [2.75, 3.05) is 18.5 Å². The number of alkyl halides is 3. The Kier molecular flexibility index (Phi) is 5.81. The zero-order valence-corrected chi connectivity index (χ0v) is 12.6. The van der Waals surface area contributed by atoms with Crippen LogP contribution >= 0.6 is 0 Å². The lowest BCUT2D eigenvalue weighted by Gasteiger charge is -2.13. The van der Waals surface area contributed by atoms with Crippen LogP contribution in [0.25, 0.3) is 0 Å². The van der Waals surface area contributed by atoms with E-state index in [0.717, 1.165) is 0 Å². The first-order valence-corrected chi connectivity index (χ1v) is 7.07. The molecule has 0 bridgehead atoms. The number of hydrogen-bond donors (Lipinski definition) is 3. The highest BCUT2D eigenvalue weighted by Crippen LogP contribution is 2.35.